The lowest BCUT2D eigenvalue weighted by Gasteiger charge is -2.45. The van der Waals surface area contributed by atoms with Gasteiger partial charge in [0, 0.05) is 18.3 Å². The van der Waals surface area contributed by atoms with Gasteiger partial charge >= 0.3 is 5.97 Å². The number of fused-ring (bicyclic) bond motifs is 1. The normalized spacial score (nSPS) is 16.8. The highest BCUT2D eigenvalue weighted by Crippen LogP contribution is 2.49. The second-order valence-corrected chi connectivity index (χ2v) is 10.5. The molecule has 2 aromatic carbocycles. The van der Waals surface area contributed by atoms with Crippen molar-refractivity contribution in [2.24, 2.45) is 0 Å². The zero-order valence-corrected chi connectivity index (χ0v) is 21.4. The number of aromatic nitrogens is 1. The van der Waals surface area contributed by atoms with E-state index in [1.54, 1.807) is 12.4 Å². The van der Waals surface area contributed by atoms with Crippen LogP contribution in [0.1, 0.15) is 93.5 Å². The van der Waals surface area contributed by atoms with Crippen molar-refractivity contribution in [1.82, 2.24) is 4.98 Å². The van der Waals surface area contributed by atoms with E-state index >= 15 is 0 Å². The Morgan fingerprint density at radius 2 is 1.60 bits per heavy atom. The Morgan fingerprint density at radius 3 is 2.23 bits per heavy atom. The minimum absolute atomic E-state index is 0.0340. The van der Waals surface area contributed by atoms with Crippen molar-refractivity contribution in [1.29, 1.82) is 0 Å². The average Bonchev–Trinajstić information content (AvgIpc) is 2.87. The van der Waals surface area contributed by atoms with Gasteiger partial charge in [-0.05, 0) is 88.6 Å². The van der Waals surface area contributed by atoms with E-state index in [-0.39, 0.29) is 23.2 Å². The van der Waals surface area contributed by atoms with Crippen LogP contribution in [0.5, 0.6) is 5.75 Å². The number of nitrogens with zero attached hydrogens (tertiary/aromatic N) is 1. The summed E-state index contributed by atoms with van der Waals surface area (Å²) in [7, 11) is 0. The molecule has 1 aliphatic carbocycles. The van der Waals surface area contributed by atoms with Crippen LogP contribution in [-0.4, -0.2) is 16.1 Å². The van der Waals surface area contributed by atoms with Crippen LogP contribution in [0.4, 0.5) is 0 Å². The van der Waals surface area contributed by atoms with Crippen LogP contribution in [0, 0.1) is 0 Å². The van der Waals surface area contributed by atoms with E-state index in [1.165, 1.54) is 29.5 Å². The molecule has 0 saturated carbocycles. The molecule has 1 atom stereocenters. The number of aliphatic carboxylic acids is 1. The van der Waals surface area contributed by atoms with E-state index in [0.29, 0.717) is 6.61 Å². The highest BCUT2D eigenvalue weighted by molar-refractivity contribution is 5.69. The molecule has 0 bridgehead atoms. The van der Waals surface area contributed by atoms with Gasteiger partial charge < -0.3 is 9.84 Å². The molecule has 0 spiro atoms. The van der Waals surface area contributed by atoms with Gasteiger partial charge in [-0.25, -0.2) is 0 Å². The van der Waals surface area contributed by atoms with Crippen LogP contribution in [0.25, 0.3) is 0 Å². The predicted molar refractivity (Wildman–Crippen MR) is 140 cm³/mol. The van der Waals surface area contributed by atoms with Gasteiger partial charge in [0.15, 0.2) is 0 Å². The van der Waals surface area contributed by atoms with E-state index in [9.17, 15) is 9.90 Å². The Balaban J connectivity index is 1.52. The zero-order valence-electron chi connectivity index (χ0n) is 21.4. The molecule has 1 aliphatic rings. The quantitative estimate of drug-likeness (QED) is 0.353. The van der Waals surface area contributed by atoms with Crippen molar-refractivity contribution in [2.75, 3.05) is 0 Å². The maximum atomic E-state index is 11.5. The van der Waals surface area contributed by atoms with E-state index in [4.69, 9.17) is 4.74 Å². The molecule has 4 rings (SSSR count). The molecule has 35 heavy (non-hydrogen) atoms. The molecule has 0 aliphatic heterocycles. The number of hydrogen-bond acceptors (Lipinski definition) is 3. The Hall–Kier alpha value is -3.14. The number of rotatable bonds is 9. The first-order chi connectivity index (χ1) is 16.8. The summed E-state index contributed by atoms with van der Waals surface area (Å²) in [4.78, 5) is 15.5. The molecule has 0 amide bonds. The molecule has 184 valence electrons. The third-order valence-corrected chi connectivity index (χ3v) is 8.14. The summed E-state index contributed by atoms with van der Waals surface area (Å²) in [6, 6.07) is 18.5. The molecular formula is C31H37NO3. The first kappa shape index (κ1) is 25.0. The summed E-state index contributed by atoms with van der Waals surface area (Å²) in [5.74, 6) is -0.254. The number of pyridine rings is 1. The van der Waals surface area contributed by atoms with Crippen LogP contribution in [0.3, 0.4) is 0 Å². The van der Waals surface area contributed by atoms with Crippen LogP contribution < -0.4 is 4.74 Å². The van der Waals surface area contributed by atoms with Crippen LogP contribution >= 0.6 is 0 Å². The van der Waals surface area contributed by atoms with Gasteiger partial charge in [0.25, 0.3) is 0 Å². The smallest absolute Gasteiger partial charge is 0.304 e. The van der Waals surface area contributed by atoms with Gasteiger partial charge in [0.2, 0.25) is 0 Å². The molecule has 1 heterocycles. The van der Waals surface area contributed by atoms with Crippen molar-refractivity contribution >= 4 is 5.97 Å². The second-order valence-electron chi connectivity index (χ2n) is 10.5. The van der Waals surface area contributed by atoms with Gasteiger partial charge in [0.05, 0.1) is 6.42 Å². The minimum Gasteiger partial charge on any atom is -0.489 e. The van der Waals surface area contributed by atoms with Crippen LogP contribution in [0.2, 0.25) is 0 Å². The van der Waals surface area contributed by atoms with Crippen molar-refractivity contribution in [2.45, 2.75) is 83.2 Å². The first-order valence-electron chi connectivity index (χ1n) is 12.8. The average molecular weight is 472 g/mol. The number of carbonyl (C=O) groups is 1. The summed E-state index contributed by atoms with van der Waals surface area (Å²) < 4.78 is 6.17. The Kier molecular flexibility index (Phi) is 7.30. The number of carboxylic acid groups (broad SMARTS) is 1. The number of hydrogen-bond donors (Lipinski definition) is 1. The lowest BCUT2D eigenvalue weighted by molar-refractivity contribution is -0.137. The van der Waals surface area contributed by atoms with E-state index in [0.717, 1.165) is 29.7 Å². The Labute approximate surface area is 209 Å². The lowest BCUT2D eigenvalue weighted by Crippen LogP contribution is -2.37. The SMILES string of the molecule is CCC1(CC)CCC(C)(C)c2ccc(COc3ccc(C(CC(=O)O)c4ccncc4)cc3)cc21. The lowest BCUT2D eigenvalue weighted by atomic mass is 9.59. The van der Waals surface area contributed by atoms with Gasteiger partial charge in [-0.1, -0.05) is 58.0 Å². The first-order valence-corrected chi connectivity index (χ1v) is 12.8. The maximum absolute atomic E-state index is 11.5. The number of ether oxygens (including phenoxy) is 1. The van der Waals surface area contributed by atoms with Crippen LogP contribution in [0.15, 0.2) is 67.0 Å². The Morgan fingerprint density at radius 1 is 0.943 bits per heavy atom. The summed E-state index contributed by atoms with van der Waals surface area (Å²) in [5.41, 5.74) is 6.55. The topological polar surface area (TPSA) is 59.4 Å². The highest BCUT2D eigenvalue weighted by atomic mass is 16.5. The number of carboxylic acids is 1. The monoisotopic (exact) mass is 471 g/mol. The van der Waals surface area contributed by atoms with E-state index in [1.807, 2.05) is 36.4 Å². The van der Waals surface area contributed by atoms with Gasteiger partial charge in [-0.3, -0.25) is 9.78 Å². The summed E-state index contributed by atoms with van der Waals surface area (Å²) in [6.07, 6.45) is 8.22. The van der Waals surface area contributed by atoms with E-state index in [2.05, 4.69) is 50.9 Å². The number of benzene rings is 2. The van der Waals surface area contributed by atoms with Crippen molar-refractivity contribution in [3.05, 3.63) is 94.8 Å². The van der Waals surface area contributed by atoms with Crippen molar-refractivity contribution < 1.29 is 14.6 Å². The third kappa shape index (κ3) is 5.27. The zero-order chi connectivity index (χ0) is 25.1. The molecule has 3 aromatic rings. The standard InChI is InChI=1S/C31H37NO3/c1-5-31(6-2)16-15-30(3,4)27-12-7-22(19-28(27)31)21-35-25-10-8-23(9-11-25)26(20-29(33)34)24-13-17-32-18-14-24/h7-14,17-19,26H,5-6,15-16,20-21H2,1-4H3,(H,33,34). The molecule has 0 radical (unpaired) electrons. The molecule has 1 aromatic heterocycles. The molecule has 0 fully saturated rings. The fourth-order valence-electron chi connectivity index (χ4n) is 5.68. The summed E-state index contributed by atoms with van der Waals surface area (Å²) >= 11 is 0. The van der Waals surface area contributed by atoms with Crippen molar-refractivity contribution in [3.8, 4) is 5.75 Å². The maximum Gasteiger partial charge on any atom is 0.304 e. The van der Waals surface area contributed by atoms with Crippen molar-refractivity contribution in [3.63, 3.8) is 0 Å². The largest absolute Gasteiger partial charge is 0.489 e. The molecule has 1 unspecified atom stereocenters. The van der Waals surface area contributed by atoms with Crippen LogP contribution in [-0.2, 0) is 22.2 Å². The third-order valence-electron chi connectivity index (χ3n) is 8.14. The fourth-order valence-corrected chi connectivity index (χ4v) is 5.68. The molecule has 4 heteroatoms. The molecule has 1 N–H and O–H groups in total. The van der Waals surface area contributed by atoms with Gasteiger partial charge in [-0.2, -0.15) is 0 Å². The molecule has 0 saturated heterocycles. The van der Waals surface area contributed by atoms with Gasteiger partial charge in [0.1, 0.15) is 12.4 Å². The molecular weight excluding hydrogens is 434 g/mol. The minimum atomic E-state index is -0.821. The van der Waals surface area contributed by atoms with Gasteiger partial charge in [-0.15, -0.1) is 0 Å². The second kappa shape index (κ2) is 10.2. The fraction of sp³-hybridized carbons (Fsp3) is 0.419. The summed E-state index contributed by atoms with van der Waals surface area (Å²) in [5, 5.41) is 9.42. The predicted octanol–water partition coefficient (Wildman–Crippen LogP) is 7.40. The summed E-state index contributed by atoms with van der Waals surface area (Å²) in [6.45, 7) is 9.88. The highest BCUT2D eigenvalue weighted by Gasteiger charge is 2.40. The molecule has 4 nitrogen and oxygen atoms in total. The Bertz CT molecular complexity index is 1150. The van der Waals surface area contributed by atoms with E-state index < -0.39 is 5.97 Å².